The topological polar surface area (TPSA) is 76.4 Å². The van der Waals surface area contributed by atoms with Crippen molar-refractivity contribution in [2.24, 2.45) is 5.73 Å². The van der Waals surface area contributed by atoms with Crippen LogP contribution in [0, 0.1) is 11.6 Å². The van der Waals surface area contributed by atoms with Gasteiger partial charge in [-0.05, 0) is 42.0 Å². The van der Waals surface area contributed by atoms with Crippen LogP contribution in [0.15, 0.2) is 42.5 Å². The fraction of sp³-hybridized carbons (Fsp3) is 0.0714. The summed E-state index contributed by atoms with van der Waals surface area (Å²) < 4.78 is 31.9. The average molecular weight is 293 g/mol. The number of carbonyl (C=O) groups is 1. The van der Waals surface area contributed by atoms with Gasteiger partial charge in [-0.1, -0.05) is 6.07 Å². The largest absolute Gasteiger partial charge is 0.454 e. The van der Waals surface area contributed by atoms with Crippen LogP contribution in [0.2, 0.25) is 0 Å². The minimum absolute atomic E-state index is 0.0215. The molecule has 0 aliphatic rings. The molecule has 0 radical (unpaired) electrons. The Bertz CT molecular complexity index is 633. The lowest BCUT2D eigenvalue weighted by Gasteiger charge is -2.09. The van der Waals surface area contributed by atoms with Crippen molar-refractivity contribution in [3.8, 4) is 11.5 Å². The van der Waals surface area contributed by atoms with Crippen LogP contribution in [-0.2, 0) is 6.54 Å². The van der Waals surface area contributed by atoms with Gasteiger partial charge in [-0.3, -0.25) is 5.43 Å². The highest BCUT2D eigenvalue weighted by molar-refractivity contribution is 5.70. The van der Waals surface area contributed by atoms with E-state index in [1.165, 1.54) is 36.4 Å². The number of carbonyl (C=O) groups excluding carboxylic acids is 1. The zero-order chi connectivity index (χ0) is 15.2. The maximum atomic E-state index is 13.9. The lowest BCUT2D eigenvalue weighted by molar-refractivity contribution is 0.244. The van der Waals surface area contributed by atoms with Crippen molar-refractivity contribution in [2.45, 2.75) is 6.54 Å². The third-order valence-electron chi connectivity index (χ3n) is 2.54. The summed E-state index contributed by atoms with van der Waals surface area (Å²) in [6.45, 7) is 0.205. The first-order valence-electron chi connectivity index (χ1n) is 6.05. The Kier molecular flexibility index (Phi) is 4.68. The molecule has 0 aromatic heterocycles. The molecular weight excluding hydrogens is 280 g/mol. The van der Waals surface area contributed by atoms with E-state index >= 15 is 0 Å². The zero-order valence-electron chi connectivity index (χ0n) is 10.9. The molecule has 5 nitrogen and oxygen atoms in total. The quantitative estimate of drug-likeness (QED) is 0.741. The lowest BCUT2D eigenvalue weighted by Crippen LogP contribution is -2.40. The van der Waals surface area contributed by atoms with Gasteiger partial charge >= 0.3 is 6.03 Å². The van der Waals surface area contributed by atoms with Gasteiger partial charge in [-0.15, -0.1) is 0 Å². The number of benzene rings is 2. The van der Waals surface area contributed by atoms with Gasteiger partial charge < -0.3 is 10.5 Å². The second-order valence-electron chi connectivity index (χ2n) is 4.16. The van der Waals surface area contributed by atoms with E-state index in [0.717, 1.165) is 0 Å². The van der Waals surface area contributed by atoms with Gasteiger partial charge in [-0.25, -0.2) is 19.0 Å². The average Bonchev–Trinajstić information content (AvgIpc) is 2.44. The maximum absolute atomic E-state index is 13.9. The van der Waals surface area contributed by atoms with E-state index in [0.29, 0.717) is 11.3 Å². The molecule has 2 amide bonds. The molecule has 0 heterocycles. The number of primary amides is 1. The molecule has 7 heteroatoms. The SMILES string of the molecule is NC(=O)NNCc1ccc(Oc2ccc(F)cc2)c(F)c1. The number of halogens is 2. The molecule has 4 N–H and O–H groups in total. The van der Waals surface area contributed by atoms with E-state index in [1.54, 1.807) is 6.07 Å². The summed E-state index contributed by atoms with van der Waals surface area (Å²) >= 11 is 0. The predicted octanol–water partition coefficient (Wildman–Crippen LogP) is 2.43. The molecule has 0 saturated heterocycles. The molecule has 110 valence electrons. The molecule has 2 aromatic carbocycles. The Morgan fingerprint density at radius 2 is 1.86 bits per heavy atom. The molecule has 21 heavy (non-hydrogen) atoms. The van der Waals surface area contributed by atoms with E-state index in [4.69, 9.17) is 10.5 Å². The first-order chi connectivity index (χ1) is 10.0. The fourth-order valence-corrected chi connectivity index (χ4v) is 1.60. The van der Waals surface area contributed by atoms with Gasteiger partial charge in [0.15, 0.2) is 11.6 Å². The smallest absolute Gasteiger partial charge is 0.326 e. The normalized spacial score (nSPS) is 10.2. The summed E-state index contributed by atoms with van der Waals surface area (Å²) in [6.07, 6.45) is 0. The molecule has 0 unspecified atom stereocenters. The van der Waals surface area contributed by atoms with Gasteiger partial charge in [0.1, 0.15) is 11.6 Å². The zero-order valence-corrected chi connectivity index (χ0v) is 10.9. The van der Waals surface area contributed by atoms with Gasteiger partial charge in [0, 0.05) is 6.54 Å². The first kappa shape index (κ1) is 14.7. The van der Waals surface area contributed by atoms with E-state index < -0.39 is 17.7 Å². The molecule has 0 atom stereocenters. The van der Waals surface area contributed by atoms with Crippen LogP contribution in [0.1, 0.15) is 5.56 Å². The molecule has 0 bridgehead atoms. The number of rotatable bonds is 5. The highest BCUT2D eigenvalue weighted by Crippen LogP contribution is 2.25. The van der Waals surface area contributed by atoms with Gasteiger partial charge in [-0.2, -0.15) is 0 Å². The van der Waals surface area contributed by atoms with Crippen LogP contribution in [-0.4, -0.2) is 6.03 Å². The van der Waals surface area contributed by atoms with Crippen molar-refractivity contribution in [2.75, 3.05) is 0 Å². The number of hydrogen-bond donors (Lipinski definition) is 3. The van der Waals surface area contributed by atoms with Crippen molar-refractivity contribution in [1.29, 1.82) is 0 Å². The van der Waals surface area contributed by atoms with Crippen LogP contribution in [0.25, 0.3) is 0 Å². The Morgan fingerprint density at radius 1 is 1.14 bits per heavy atom. The van der Waals surface area contributed by atoms with E-state index in [1.807, 2.05) is 0 Å². The molecule has 0 fully saturated rings. The van der Waals surface area contributed by atoms with E-state index in [-0.39, 0.29) is 12.3 Å². The second-order valence-corrected chi connectivity index (χ2v) is 4.16. The lowest BCUT2D eigenvalue weighted by atomic mass is 10.2. The highest BCUT2D eigenvalue weighted by atomic mass is 19.1. The number of amides is 2. The number of urea groups is 1. The number of hydrogen-bond acceptors (Lipinski definition) is 3. The molecule has 0 saturated carbocycles. The van der Waals surface area contributed by atoms with Crippen molar-refractivity contribution in [3.05, 3.63) is 59.7 Å². The summed E-state index contributed by atoms with van der Waals surface area (Å²) in [5.74, 6) is -0.617. The van der Waals surface area contributed by atoms with Gasteiger partial charge in [0.2, 0.25) is 0 Å². The van der Waals surface area contributed by atoms with E-state index in [9.17, 15) is 13.6 Å². The van der Waals surface area contributed by atoms with E-state index in [2.05, 4.69) is 10.9 Å². The molecule has 2 rings (SSSR count). The molecule has 2 aromatic rings. The minimum Gasteiger partial charge on any atom is -0.454 e. The van der Waals surface area contributed by atoms with Crippen LogP contribution >= 0.6 is 0 Å². The molecule has 0 aliphatic carbocycles. The van der Waals surface area contributed by atoms with Crippen LogP contribution in [0.5, 0.6) is 11.5 Å². The second kappa shape index (κ2) is 6.67. The van der Waals surface area contributed by atoms with Crippen molar-refractivity contribution >= 4 is 6.03 Å². The fourth-order valence-electron chi connectivity index (χ4n) is 1.60. The maximum Gasteiger partial charge on any atom is 0.326 e. The number of nitrogens with two attached hydrogens (primary N) is 1. The Balaban J connectivity index is 2.01. The highest BCUT2D eigenvalue weighted by Gasteiger charge is 2.06. The van der Waals surface area contributed by atoms with Crippen LogP contribution in [0.3, 0.4) is 0 Å². The predicted molar refractivity (Wildman–Crippen MR) is 72.4 cm³/mol. The minimum atomic E-state index is -0.730. The summed E-state index contributed by atoms with van der Waals surface area (Å²) in [5.41, 5.74) is 10.2. The van der Waals surface area contributed by atoms with Crippen LogP contribution < -0.4 is 21.3 Å². The summed E-state index contributed by atoms with van der Waals surface area (Å²) in [7, 11) is 0. The molecular formula is C14H13F2N3O2. The Labute approximate surface area is 119 Å². The third kappa shape index (κ3) is 4.43. The third-order valence-corrected chi connectivity index (χ3v) is 2.54. The summed E-state index contributed by atoms with van der Waals surface area (Å²) in [4.78, 5) is 10.5. The van der Waals surface area contributed by atoms with Crippen LogP contribution in [0.4, 0.5) is 13.6 Å². The van der Waals surface area contributed by atoms with Crippen molar-refractivity contribution in [1.82, 2.24) is 10.9 Å². The Hall–Kier alpha value is -2.67. The summed E-state index contributed by atoms with van der Waals surface area (Å²) in [5, 5.41) is 0. The number of ether oxygens (including phenoxy) is 1. The summed E-state index contributed by atoms with van der Waals surface area (Å²) in [6, 6.07) is 8.85. The molecule has 0 aliphatic heterocycles. The monoisotopic (exact) mass is 293 g/mol. The first-order valence-corrected chi connectivity index (χ1v) is 6.05. The van der Waals surface area contributed by atoms with Gasteiger partial charge in [0.25, 0.3) is 0 Å². The van der Waals surface area contributed by atoms with Crippen molar-refractivity contribution < 1.29 is 18.3 Å². The molecule has 0 spiro atoms. The van der Waals surface area contributed by atoms with Gasteiger partial charge in [0.05, 0.1) is 0 Å². The van der Waals surface area contributed by atoms with Crippen molar-refractivity contribution in [3.63, 3.8) is 0 Å². The Morgan fingerprint density at radius 3 is 2.48 bits per heavy atom. The standard InChI is InChI=1S/C14H13F2N3O2/c15-10-2-4-11(5-3-10)21-13-6-1-9(7-12(13)16)8-18-19-14(17)20/h1-7,18H,8H2,(H3,17,19,20). The number of nitrogens with one attached hydrogen (secondary N) is 2. The number of hydrazine groups is 1.